The summed E-state index contributed by atoms with van der Waals surface area (Å²) in [7, 11) is 0. The number of nitriles is 1. The van der Waals surface area contributed by atoms with E-state index in [1.54, 1.807) is 18.2 Å². The molecule has 7 nitrogen and oxygen atoms in total. The maximum Gasteiger partial charge on any atom is 0.241 e. The van der Waals surface area contributed by atoms with Gasteiger partial charge in [-0.2, -0.15) is 5.26 Å². The molecule has 1 aromatic carbocycles. The molecule has 0 aromatic heterocycles. The third-order valence-corrected chi connectivity index (χ3v) is 4.82. The van der Waals surface area contributed by atoms with E-state index in [-0.39, 0.29) is 23.9 Å². The van der Waals surface area contributed by atoms with Crippen LogP contribution in [-0.2, 0) is 9.59 Å². The number of hydrogen-bond donors (Lipinski definition) is 2. The second kappa shape index (κ2) is 9.70. The maximum atomic E-state index is 12.5. The van der Waals surface area contributed by atoms with Gasteiger partial charge in [-0.15, -0.1) is 0 Å². The maximum absolute atomic E-state index is 12.5. The lowest BCUT2D eigenvalue weighted by Crippen LogP contribution is -2.54. The predicted molar refractivity (Wildman–Crippen MR) is 106 cm³/mol. The molecule has 2 rings (SSSR count). The molecule has 2 amide bonds. The van der Waals surface area contributed by atoms with Gasteiger partial charge < -0.3 is 10.6 Å². The van der Waals surface area contributed by atoms with Gasteiger partial charge in [0.2, 0.25) is 11.8 Å². The third-order valence-electron chi connectivity index (χ3n) is 4.51. The number of benzene rings is 1. The van der Waals surface area contributed by atoms with E-state index in [1.165, 1.54) is 0 Å². The Kier molecular flexibility index (Phi) is 7.60. The minimum atomic E-state index is -0.300. The highest BCUT2D eigenvalue weighted by Crippen LogP contribution is 2.20. The number of amides is 2. The zero-order valence-electron chi connectivity index (χ0n) is 16.0. The molecule has 0 saturated carbocycles. The fourth-order valence-corrected chi connectivity index (χ4v) is 3.20. The molecular weight excluding hydrogens is 366 g/mol. The Hall–Kier alpha value is -2.14. The van der Waals surface area contributed by atoms with Gasteiger partial charge in [-0.3, -0.25) is 19.4 Å². The summed E-state index contributed by atoms with van der Waals surface area (Å²) in [6.07, 6.45) is 0. The fraction of sp³-hybridized carbons (Fsp3) is 0.526. The predicted octanol–water partition coefficient (Wildman–Crippen LogP) is 1.68. The molecule has 27 heavy (non-hydrogen) atoms. The normalized spacial score (nSPS) is 16.6. The van der Waals surface area contributed by atoms with E-state index in [0.717, 1.165) is 26.2 Å². The van der Waals surface area contributed by atoms with Crippen LogP contribution < -0.4 is 10.6 Å². The lowest BCUT2D eigenvalue weighted by atomic mass is 10.2. The van der Waals surface area contributed by atoms with Crippen LogP contribution in [0.3, 0.4) is 0 Å². The SMILES string of the molecule is CC(C)NC(=O)CN1CCN(C(C)C(=O)Nc2ccc(C#N)c(Cl)c2)CC1. The summed E-state index contributed by atoms with van der Waals surface area (Å²) >= 11 is 6.01. The Labute approximate surface area is 165 Å². The molecule has 1 aliphatic rings. The van der Waals surface area contributed by atoms with Gasteiger partial charge in [-0.1, -0.05) is 11.6 Å². The molecule has 0 spiro atoms. The summed E-state index contributed by atoms with van der Waals surface area (Å²) < 4.78 is 0. The van der Waals surface area contributed by atoms with Crippen molar-refractivity contribution < 1.29 is 9.59 Å². The Morgan fingerprint density at radius 1 is 1.22 bits per heavy atom. The van der Waals surface area contributed by atoms with Gasteiger partial charge in [-0.05, 0) is 39.0 Å². The van der Waals surface area contributed by atoms with Crippen molar-refractivity contribution in [1.29, 1.82) is 5.26 Å². The quantitative estimate of drug-likeness (QED) is 0.770. The van der Waals surface area contributed by atoms with Gasteiger partial charge >= 0.3 is 0 Å². The van der Waals surface area contributed by atoms with Crippen LogP contribution in [0.2, 0.25) is 5.02 Å². The molecule has 1 atom stereocenters. The largest absolute Gasteiger partial charge is 0.353 e. The zero-order chi connectivity index (χ0) is 20.0. The number of piperazine rings is 1. The number of carbonyl (C=O) groups excluding carboxylic acids is 2. The molecule has 146 valence electrons. The van der Waals surface area contributed by atoms with Crippen molar-refractivity contribution in [2.24, 2.45) is 0 Å². The van der Waals surface area contributed by atoms with E-state index < -0.39 is 0 Å². The zero-order valence-corrected chi connectivity index (χ0v) is 16.7. The van der Waals surface area contributed by atoms with Gasteiger partial charge in [0.1, 0.15) is 6.07 Å². The number of anilines is 1. The van der Waals surface area contributed by atoms with E-state index >= 15 is 0 Å². The average Bonchev–Trinajstić information content (AvgIpc) is 2.61. The van der Waals surface area contributed by atoms with Crippen LogP contribution >= 0.6 is 11.6 Å². The van der Waals surface area contributed by atoms with Crippen molar-refractivity contribution in [2.45, 2.75) is 32.9 Å². The first-order valence-electron chi connectivity index (χ1n) is 9.06. The van der Waals surface area contributed by atoms with Crippen LogP contribution in [0.25, 0.3) is 0 Å². The van der Waals surface area contributed by atoms with Crippen LogP contribution in [0.4, 0.5) is 5.69 Å². The first-order chi connectivity index (χ1) is 12.8. The van der Waals surface area contributed by atoms with Crippen LogP contribution in [-0.4, -0.2) is 66.4 Å². The van der Waals surface area contributed by atoms with E-state index in [9.17, 15) is 9.59 Å². The number of rotatable bonds is 6. The highest BCUT2D eigenvalue weighted by atomic mass is 35.5. The molecule has 0 aliphatic carbocycles. The van der Waals surface area contributed by atoms with Crippen LogP contribution in [0.5, 0.6) is 0 Å². The van der Waals surface area contributed by atoms with E-state index in [0.29, 0.717) is 22.8 Å². The third kappa shape index (κ3) is 6.21. The molecule has 1 heterocycles. The van der Waals surface area contributed by atoms with Gasteiger partial charge in [0, 0.05) is 37.9 Å². The minimum Gasteiger partial charge on any atom is -0.353 e. The standard InChI is InChI=1S/C19H26ClN5O2/c1-13(2)22-18(26)12-24-6-8-25(9-7-24)14(3)19(27)23-16-5-4-15(11-21)17(20)10-16/h4-5,10,13-14H,6-9,12H2,1-3H3,(H,22,26)(H,23,27). The summed E-state index contributed by atoms with van der Waals surface area (Å²) in [6.45, 7) is 9.05. The van der Waals surface area contributed by atoms with Gasteiger partial charge in [0.05, 0.1) is 23.2 Å². The molecule has 1 fully saturated rings. The smallest absolute Gasteiger partial charge is 0.241 e. The van der Waals surface area contributed by atoms with Crippen LogP contribution in [0.1, 0.15) is 26.3 Å². The lowest BCUT2D eigenvalue weighted by Gasteiger charge is -2.37. The lowest BCUT2D eigenvalue weighted by molar-refractivity contribution is -0.125. The Morgan fingerprint density at radius 2 is 1.89 bits per heavy atom. The van der Waals surface area contributed by atoms with Crippen molar-refractivity contribution >= 4 is 29.1 Å². The number of hydrogen-bond acceptors (Lipinski definition) is 5. The highest BCUT2D eigenvalue weighted by molar-refractivity contribution is 6.32. The van der Waals surface area contributed by atoms with E-state index in [4.69, 9.17) is 16.9 Å². The number of carbonyl (C=O) groups is 2. The second-order valence-corrected chi connectivity index (χ2v) is 7.41. The number of nitrogens with zero attached hydrogens (tertiary/aromatic N) is 3. The highest BCUT2D eigenvalue weighted by Gasteiger charge is 2.26. The Bertz CT molecular complexity index is 723. The molecule has 0 bridgehead atoms. The molecule has 1 saturated heterocycles. The molecule has 0 radical (unpaired) electrons. The molecule has 2 N–H and O–H groups in total. The van der Waals surface area contributed by atoms with Crippen LogP contribution in [0.15, 0.2) is 18.2 Å². The second-order valence-electron chi connectivity index (χ2n) is 7.01. The Balaban J connectivity index is 1.83. The molecule has 1 aliphatic heterocycles. The van der Waals surface area contributed by atoms with Gasteiger partial charge in [0.15, 0.2) is 0 Å². The van der Waals surface area contributed by atoms with Crippen LogP contribution in [0, 0.1) is 11.3 Å². The summed E-state index contributed by atoms with van der Waals surface area (Å²) in [6, 6.07) is 6.66. The van der Waals surface area contributed by atoms with Crippen molar-refractivity contribution in [3.8, 4) is 6.07 Å². The summed E-state index contributed by atoms with van der Waals surface area (Å²) in [5.41, 5.74) is 0.945. The fourth-order valence-electron chi connectivity index (χ4n) is 2.98. The molecule has 1 unspecified atom stereocenters. The topological polar surface area (TPSA) is 88.5 Å². The van der Waals surface area contributed by atoms with Crippen molar-refractivity contribution in [2.75, 3.05) is 38.0 Å². The van der Waals surface area contributed by atoms with E-state index in [1.807, 2.05) is 26.8 Å². The summed E-state index contributed by atoms with van der Waals surface area (Å²) in [5.74, 6) is -0.0938. The summed E-state index contributed by atoms with van der Waals surface area (Å²) in [4.78, 5) is 28.6. The molecule has 8 heteroatoms. The Morgan fingerprint density at radius 3 is 2.44 bits per heavy atom. The minimum absolute atomic E-state index is 0.0296. The molecule has 1 aromatic rings. The van der Waals surface area contributed by atoms with Gasteiger partial charge in [-0.25, -0.2) is 0 Å². The van der Waals surface area contributed by atoms with Crippen molar-refractivity contribution in [1.82, 2.24) is 15.1 Å². The first-order valence-corrected chi connectivity index (χ1v) is 9.44. The monoisotopic (exact) mass is 391 g/mol. The average molecular weight is 392 g/mol. The van der Waals surface area contributed by atoms with E-state index in [2.05, 4.69) is 20.4 Å². The van der Waals surface area contributed by atoms with Crippen molar-refractivity contribution in [3.63, 3.8) is 0 Å². The first kappa shape index (κ1) is 21.2. The molecular formula is C19H26ClN5O2. The van der Waals surface area contributed by atoms with Crippen molar-refractivity contribution in [3.05, 3.63) is 28.8 Å². The summed E-state index contributed by atoms with van der Waals surface area (Å²) in [5, 5.41) is 15.0. The van der Waals surface area contributed by atoms with Gasteiger partial charge in [0.25, 0.3) is 0 Å². The number of nitrogens with one attached hydrogen (secondary N) is 2. The number of halogens is 1.